The van der Waals surface area contributed by atoms with Crippen molar-refractivity contribution in [2.45, 2.75) is 27.4 Å². The minimum absolute atomic E-state index is 0.169. The number of halogens is 1. The normalized spacial score (nSPS) is 11.0. The van der Waals surface area contributed by atoms with Gasteiger partial charge in [0.2, 0.25) is 0 Å². The van der Waals surface area contributed by atoms with Gasteiger partial charge in [0, 0.05) is 0 Å². The lowest BCUT2D eigenvalue weighted by molar-refractivity contribution is -0.114. The van der Waals surface area contributed by atoms with Crippen molar-refractivity contribution in [2.24, 2.45) is 5.73 Å². The maximum atomic E-state index is 11.3. The zero-order valence-electron chi connectivity index (χ0n) is 15.5. The van der Waals surface area contributed by atoms with E-state index in [-0.39, 0.29) is 5.57 Å². The molecular weight excluding hydrogens is 364 g/mol. The van der Waals surface area contributed by atoms with Crippen LogP contribution in [0.2, 0.25) is 5.02 Å². The lowest BCUT2D eigenvalue weighted by Gasteiger charge is -2.15. The van der Waals surface area contributed by atoms with Crippen LogP contribution in [0, 0.1) is 25.2 Å². The molecule has 27 heavy (non-hydrogen) atoms. The number of amides is 1. The Morgan fingerprint density at radius 3 is 2.56 bits per heavy atom. The Kier molecular flexibility index (Phi) is 6.86. The first kappa shape index (κ1) is 20.3. The molecule has 2 aromatic carbocycles. The van der Waals surface area contributed by atoms with E-state index in [1.54, 1.807) is 18.2 Å². The Labute approximate surface area is 164 Å². The first-order chi connectivity index (χ1) is 12.8. The van der Waals surface area contributed by atoms with Crippen LogP contribution in [0.4, 0.5) is 0 Å². The molecule has 140 valence electrons. The van der Waals surface area contributed by atoms with Gasteiger partial charge in [-0.3, -0.25) is 4.79 Å². The number of carbonyl (C=O) groups is 1. The third-order valence-corrected chi connectivity index (χ3v) is 4.26. The molecule has 0 fully saturated rings. The number of hydrogen-bond donors (Lipinski definition) is 1. The molecule has 0 aliphatic heterocycles. The van der Waals surface area contributed by atoms with Gasteiger partial charge in [-0.2, -0.15) is 5.26 Å². The van der Waals surface area contributed by atoms with E-state index in [1.807, 2.05) is 26.0 Å². The van der Waals surface area contributed by atoms with Gasteiger partial charge < -0.3 is 15.2 Å². The highest BCUT2D eigenvalue weighted by Gasteiger charge is 2.14. The smallest absolute Gasteiger partial charge is 0.259 e. The van der Waals surface area contributed by atoms with Crippen molar-refractivity contribution in [2.75, 3.05) is 6.61 Å². The van der Waals surface area contributed by atoms with Gasteiger partial charge in [0.1, 0.15) is 18.2 Å². The van der Waals surface area contributed by atoms with Crippen LogP contribution in [-0.2, 0) is 11.4 Å². The number of hydrogen-bond acceptors (Lipinski definition) is 4. The molecule has 0 saturated carbocycles. The van der Waals surface area contributed by atoms with Crippen molar-refractivity contribution in [3.05, 3.63) is 63.2 Å². The van der Waals surface area contributed by atoms with E-state index in [2.05, 4.69) is 13.0 Å². The second-order valence-corrected chi connectivity index (χ2v) is 6.41. The maximum Gasteiger partial charge on any atom is 0.259 e. The Morgan fingerprint density at radius 1 is 1.22 bits per heavy atom. The summed E-state index contributed by atoms with van der Waals surface area (Å²) in [6.07, 6.45) is 1.36. The molecule has 2 rings (SSSR count). The number of ether oxygens (including phenoxy) is 2. The average molecular weight is 385 g/mol. The van der Waals surface area contributed by atoms with E-state index in [9.17, 15) is 4.79 Å². The SMILES string of the molecule is CCOc1cc(/C=C(\C#N)C(N)=O)cc(Cl)c1OCc1ccc(C)c(C)c1. The van der Waals surface area contributed by atoms with Gasteiger partial charge in [0.25, 0.3) is 5.91 Å². The van der Waals surface area contributed by atoms with Gasteiger partial charge in [-0.25, -0.2) is 0 Å². The average Bonchev–Trinajstić information content (AvgIpc) is 2.61. The van der Waals surface area contributed by atoms with Gasteiger partial charge in [0.05, 0.1) is 11.6 Å². The molecule has 0 aliphatic carbocycles. The number of rotatable bonds is 7. The van der Waals surface area contributed by atoms with Crippen LogP contribution < -0.4 is 15.2 Å². The lowest BCUT2D eigenvalue weighted by atomic mass is 10.1. The summed E-state index contributed by atoms with van der Waals surface area (Å²) in [5, 5.41) is 9.32. The zero-order chi connectivity index (χ0) is 20.0. The highest BCUT2D eigenvalue weighted by Crippen LogP contribution is 2.38. The summed E-state index contributed by atoms with van der Waals surface area (Å²) >= 11 is 6.37. The summed E-state index contributed by atoms with van der Waals surface area (Å²) in [4.78, 5) is 11.3. The number of nitriles is 1. The van der Waals surface area contributed by atoms with Crippen molar-refractivity contribution in [3.63, 3.8) is 0 Å². The van der Waals surface area contributed by atoms with E-state index in [0.717, 1.165) is 5.56 Å². The molecule has 0 aliphatic rings. The standard InChI is InChI=1S/C21H21ClN2O3/c1-4-26-19-10-16(8-17(11-23)21(24)25)9-18(22)20(19)27-12-15-6-5-13(2)14(3)7-15/h5-10H,4,12H2,1-3H3,(H2,24,25)/b17-8+. The number of benzene rings is 2. The third-order valence-electron chi connectivity index (χ3n) is 3.98. The van der Waals surface area contributed by atoms with E-state index < -0.39 is 5.91 Å². The fourth-order valence-electron chi connectivity index (χ4n) is 2.45. The van der Waals surface area contributed by atoms with Crippen LogP contribution >= 0.6 is 11.6 Å². The molecule has 0 spiro atoms. The highest BCUT2D eigenvalue weighted by atomic mass is 35.5. The minimum atomic E-state index is -0.804. The second-order valence-electron chi connectivity index (χ2n) is 6.00. The number of nitrogens with two attached hydrogens (primary N) is 1. The highest BCUT2D eigenvalue weighted by molar-refractivity contribution is 6.32. The van der Waals surface area contributed by atoms with Crippen LogP contribution in [0.25, 0.3) is 6.08 Å². The van der Waals surface area contributed by atoms with Gasteiger partial charge in [-0.1, -0.05) is 29.8 Å². The van der Waals surface area contributed by atoms with E-state index >= 15 is 0 Å². The molecule has 5 nitrogen and oxygen atoms in total. The monoisotopic (exact) mass is 384 g/mol. The van der Waals surface area contributed by atoms with Crippen LogP contribution in [0.1, 0.15) is 29.2 Å². The van der Waals surface area contributed by atoms with E-state index in [0.29, 0.717) is 35.3 Å². The predicted molar refractivity (Wildman–Crippen MR) is 106 cm³/mol. The van der Waals surface area contributed by atoms with Crippen molar-refractivity contribution < 1.29 is 14.3 Å². The van der Waals surface area contributed by atoms with E-state index in [1.165, 1.54) is 17.2 Å². The molecule has 0 radical (unpaired) electrons. The predicted octanol–water partition coefficient (Wildman–Crippen LogP) is 4.33. The van der Waals surface area contributed by atoms with Crippen LogP contribution in [0.5, 0.6) is 11.5 Å². The van der Waals surface area contributed by atoms with Gasteiger partial charge in [0.15, 0.2) is 11.5 Å². The van der Waals surface area contributed by atoms with Gasteiger partial charge in [-0.05, 0) is 61.2 Å². The molecule has 0 aromatic heterocycles. The molecule has 0 unspecified atom stereocenters. The summed E-state index contributed by atoms with van der Waals surface area (Å²) in [6.45, 7) is 6.68. The summed E-state index contributed by atoms with van der Waals surface area (Å²) in [5.41, 5.74) is 8.94. The Balaban J connectivity index is 2.34. The topological polar surface area (TPSA) is 85.3 Å². The van der Waals surface area contributed by atoms with Crippen molar-refractivity contribution >= 4 is 23.6 Å². The minimum Gasteiger partial charge on any atom is -0.490 e. The first-order valence-corrected chi connectivity index (χ1v) is 8.80. The molecule has 0 heterocycles. The lowest BCUT2D eigenvalue weighted by Crippen LogP contribution is -2.12. The van der Waals surface area contributed by atoms with Crippen LogP contribution in [-0.4, -0.2) is 12.5 Å². The van der Waals surface area contributed by atoms with Crippen molar-refractivity contribution in [1.82, 2.24) is 0 Å². The Bertz CT molecular complexity index is 930. The van der Waals surface area contributed by atoms with Crippen molar-refractivity contribution in [1.29, 1.82) is 5.26 Å². The van der Waals surface area contributed by atoms with Crippen LogP contribution in [0.15, 0.2) is 35.9 Å². The number of nitrogens with zero attached hydrogens (tertiary/aromatic N) is 1. The molecule has 0 bridgehead atoms. The van der Waals surface area contributed by atoms with Crippen LogP contribution in [0.3, 0.4) is 0 Å². The zero-order valence-corrected chi connectivity index (χ0v) is 16.3. The molecule has 0 atom stereocenters. The molecule has 6 heteroatoms. The molecule has 1 amide bonds. The summed E-state index contributed by atoms with van der Waals surface area (Å²) in [5.74, 6) is 0.0370. The molecular formula is C21H21ClN2O3. The van der Waals surface area contributed by atoms with Gasteiger partial charge in [-0.15, -0.1) is 0 Å². The van der Waals surface area contributed by atoms with E-state index in [4.69, 9.17) is 32.1 Å². The first-order valence-electron chi connectivity index (χ1n) is 8.42. The quantitative estimate of drug-likeness (QED) is 0.568. The fraction of sp³-hybridized carbons (Fsp3) is 0.238. The van der Waals surface area contributed by atoms with Gasteiger partial charge >= 0.3 is 0 Å². The summed E-state index contributed by atoms with van der Waals surface area (Å²) in [6, 6.07) is 11.1. The second kappa shape index (κ2) is 9.11. The largest absolute Gasteiger partial charge is 0.490 e. The number of carbonyl (C=O) groups excluding carboxylic acids is 1. The Hall–Kier alpha value is -2.97. The Morgan fingerprint density at radius 2 is 1.96 bits per heavy atom. The number of aryl methyl sites for hydroxylation is 2. The number of primary amides is 1. The molecule has 0 saturated heterocycles. The van der Waals surface area contributed by atoms with Crippen molar-refractivity contribution in [3.8, 4) is 17.6 Å². The maximum absolute atomic E-state index is 11.3. The molecule has 2 aromatic rings. The summed E-state index contributed by atoms with van der Waals surface area (Å²) in [7, 11) is 0. The third kappa shape index (κ3) is 5.25. The summed E-state index contributed by atoms with van der Waals surface area (Å²) < 4.78 is 11.5. The molecule has 2 N–H and O–H groups in total. The fourth-order valence-corrected chi connectivity index (χ4v) is 2.72.